The van der Waals surface area contributed by atoms with Crippen molar-refractivity contribution in [3.05, 3.63) is 169 Å². The second-order valence-electron chi connectivity index (χ2n) is 11.3. The Bertz CT molecular complexity index is 1590. The lowest BCUT2D eigenvalue weighted by molar-refractivity contribution is 0.922. The van der Waals surface area contributed by atoms with Crippen molar-refractivity contribution in [2.75, 3.05) is 9.80 Å². The van der Waals surface area contributed by atoms with Crippen molar-refractivity contribution in [3.63, 3.8) is 0 Å². The minimum atomic E-state index is 1.10. The van der Waals surface area contributed by atoms with Crippen LogP contribution >= 0.6 is 0 Å². The highest BCUT2D eigenvalue weighted by Crippen LogP contribution is 2.38. The molecule has 0 aliphatic heterocycles. The van der Waals surface area contributed by atoms with Crippen LogP contribution in [0.2, 0.25) is 0 Å². The molecule has 0 fully saturated rings. The highest BCUT2D eigenvalue weighted by Gasteiger charge is 2.14. The maximum Gasteiger partial charge on any atom is 0.0462 e. The molecule has 2 nitrogen and oxygen atoms in total. The van der Waals surface area contributed by atoms with Crippen molar-refractivity contribution in [1.82, 2.24) is 0 Å². The third kappa shape index (κ3) is 6.61. The molecule has 0 atom stereocenters. The molecule has 2 heteroatoms. The normalized spacial score (nSPS) is 10.9. The highest BCUT2D eigenvalue weighted by molar-refractivity contribution is 5.80. The van der Waals surface area contributed by atoms with E-state index in [4.69, 9.17) is 0 Å². The molecule has 0 radical (unpaired) electrons. The molecule has 0 heterocycles. The second-order valence-corrected chi connectivity index (χ2v) is 11.3. The zero-order valence-electron chi connectivity index (χ0n) is 25.7. The molecule has 44 heavy (non-hydrogen) atoms. The van der Waals surface area contributed by atoms with Crippen LogP contribution in [0.15, 0.2) is 158 Å². The van der Waals surface area contributed by atoms with Crippen molar-refractivity contribution in [2.24, 2.45) is 0 Å². The van der Waals surface area contributed by atoms with Crippen molar-refractivity contribution < 1.29 is 0 Å². The molecule has 0 aromatic heterocycles. The summed E-state index contributed by atoms with van der Waals surface area (Å²) in [6.45, 7) is 4.45. The Morgan fingerprint density at radius 2 is 0.591 bits per heavy atom. The molecule has 6 aromatic carbocycles. The Labute approximate surface area is 262 Å². The van der Waals surface area contributed by atoms with Gasteiger partial charge in [-0.05, 0) is 108 Å². The van der Waals surface area contributed by atoms with Gasteiger partial charge in [0.1, 0.15) is 0 Å². The van der Waals surface area contributed by atoms with Gasteiger partial charge < -0.3 is 9.80 Å². The standard InChI is InChI=1S/C42H40N2/c1-3-11-33-17-25-39(26-18-33)43(37-13-7-5-8-14-37)41-29-21-35(22-30-41)36-23-31-42(32-24-36)44(38-15-9-6-10-16-38)40-27-19-34(12-4-2)20-28-40/h5-10,13-32H,3-4,11-12H2,1-2H3. The van der Waals surface area contributed by atoms with Crippen molar-refractivity contribution >= 4 is 34.1 Å². The van der Waals surface area contributed by atoms with Gasteiger partial charge in [-0.3, -0.25) is 0 Å². The Hall–Kier alpha value is -5.08. The van der Waals surface area contributed by atoms with Crippen LogP contribution in [0.3, 0.4) is 0 Å². The van der Waals surface area contributed by atoms with Gasteiger partial charge in [0.2, 0.25) is 0 Å². The van der Waals surface area contributed by atoms with E-state index in [9.17, 15) is 0 Å². The molecule has 0 unspecified atom stereocenters. The SMILES string of the molecule is CCCc1ccc(N(c2ccccc2)c2ccc(-c3ccc(N(c4ccccc4)c4ccc(CCC)cc4)cc3)cc2)cc1. The van der Waals surface area contributed by atoms with Crippen LogP contribution in [-0.2, 0) is 12.8 Å². The summed E-state index contributed by atoms with van der Waals surface area (Å²) in [5.41, 5.74) is 12.1. The topological polar surface area (TPSA) is 6.48 Å². The summed E-state index contributed by atoms with van der Waals surface area (Å²) in [5.74, 6) is 0. The lowest BCUT2D eigenvalue weighted by atomic mass is 10.0. The average Bonchev–Trinajstić information content (AvgIpc) is 3.09. The van der Waals surface area contributed by atoms with Gasteiger partial charge >= 0.3 is 0 Å². The van der Waals surface area contributed by atoms with Gasteiger partial charge in [0.25, 0.3) is 0 Å². The molecule has 6 aromatic rings. The second kappa shape index (κ2) is 13.9. The van der Waals surface area contributed by atoms with Gasteiger partial charge in [-0.25, -0.2) is 0 Å². The molecule has 0 saturated heterocycles. The van der Waals surface area contributed by atoms with E-state index in [1.807, 2.05) is 0 Å². The Morgan fingerprint density at radius 3 is 0.886 bits per heavy atom. The Kier molecular flexibility index (Phi) is 9.18. The summed E-state index contributed by atoms with van der Waals surface area (Å²) in [6, 6.07) is 57.0. The fraction of sp³-hybridized carbons (Fsp3) is 0.143. The van der Waals surface area contributed by atoms with Crippen LogP contribution in [0.5, 0.6) is 0 Å². The van der Waals surface area contributed by atoms with Crippen LogP contribution in [-0.4, -0.2) is 0 Å². The van der Waals surface area contributed by atoms with Crippen LogP contribution in [0.25, 0.3) is 11.1 Å². The molecule has 0 bridgehead atoms. The van der Waals surface area contributed by atoms with Gasteiger partial charge in [0, 0.05) is 34.1 Å². The zero-order chi connectivity index (χ0) is 30.1. The van der Waals surface area contributed by atoms with E-state index < -0.39 is 0 Å². The van der Waals surface area contributed by atoms with Crippen LogP contribution in [0, 0.1) is 0 Å². The lowest BCUT2D eigenvalue weighted by Gasteiger charge is -2.26. The van der Waals surface area contributed by atoms with Gasteiger partial charge in [0.05, 0.1) is 0 Å². The van der Waals surface area contributed by atoms with E-state index in [1.165, 1.54) is 22.3 Å². The number of aryl methyl sites for hydroxylation is 2. The number of hydrogen-bond donors (Lipinski definition) is 0. The summed E-state index contributed by atoms with van der Waals surface area (Å²) < 4.78 is 0. The quantitative estimate of drug-likeness (QED) is 0.152. The number of hydrogen-bond acceptors (Lipinski definition) is 2. The van der Waals surface area contributed by atoms with Crippen LogP contribution in [0.4, 0.5) is 34.1 Å². The number of anilines is 6. The molecule has 6 rings (SSSR count). The first-order valence-corrected chi connectivity index (χ1v) is 15.8. The van der Waals surface area contributed by atoms with Gasteiger partial charge in [-0.15, -0.1) is 0 Å². The number of para-hydroxylation sites is 2. The first-order valence-electron chi connectivity index (χ1n) is 15.8. The fourth-order valence-corrected chi connectivity index (χ4v) is 5.86. The molecule has 0 aliphatic carbocycles. The van der Waals surface area contributed by atoms with E-state index >= 15 is 0 Å². The zero-order valence-corrected chi connectivity index (χ0v) is 25.7. The third-order valence-electron chi connectivity index (χ3n) is 8.08. The summed E-state index contributed by atoms with van der Waals surface area (Å²) in [5, 5.41) is 0. The maximum absolute atomic E-state index is 2.33. The lowest BCUT2D eigenvalue weighted by Crippen LogP contribution is -2.10. The Balaban J connectivity index is 1.28. The molecule has 0 amide bonds. The van der Waals surface area contributed by atoms with Crippen molar-refractivity contribution in [2.45, 2.75) is 39.5 Å². The third-order valence-corrected chi connectivity index (χ3v) is 8.08. The number of nitrogens with zero attached hydrogens (tertiary/aromatic N) is 2. The van der Waals surface area contributed by atoms with E-state index in [1.54, 1.807) is 0 Å². The fourth-order valence-electron chi connectivity index (χ4n) is 5.86. The summed E-state index contributed by atoms with van der Waals surface area (Å²) >= 11 is 0. The van der Waals surface area contributed by atoms with Crippen molar-refractivity contribution in [3.8, 4) is 11.1 Å². The van der Waals surface area contributed by atoms with Crippen molar-refractivity contribution in [1.29, 1.82) is 0 Å². The van der Waals surface area contributed by atoms with Gasteiger partial charge in [0.15, 0.2) is 0 Å². The van der Waals surface area contributed by atoms with E-state index in [2.05, 4.69) is 181 Å². The predicted octanol–water partition coefficient (Wildman–Crippen LogP) is 12.2. The van der Waals surface area contributed by atoms with Crippen LogP contribution in [0.1, 0.15) is 37.8 Å². The average molecular weight is 573 g/mol. The predicted molar refractivity (Wildman–Crippen MR) is 189 cm³/mol. The first kappa shape index (κ1) is 29.0. The smallest absolute Gasteiger partial charge is 0.0462 e. The summed E-state index contributed by atoms with van der Waals surface area (Å²) in [6.07, 6.45) is 4.52. The number of rotatable bonds is 11. The minimum absolute atomic E-state index is 1.10. The molecule has 218 valence electrons. The Morgan fingerprint density at radius 1 is 0.318 bits per heavy atom. The molecule has 0 saturated carbocycles. The summed E-state index contributed by atoms with van der Waals surface area (Å²) in [7, 11) is 0. The van der Waals surface area contributed by atoms with Gasteiger partial charge in [-0.1, -0.05) is 112 Å². The van der Waals surface area contributed by atoms with E-state index in [0.29, 0.717) is 0 Å². The molecule has 0 aliphatic rings. The largest absolute Gasteiger partial charge is 0.311 e. The number of benzene rings is 6. The molecule has 0 N–H and O–H groups in total. The summed E-state index contributed by atoms with van der Waals surface area (Å²) in [4.78, 5) is 4.65. The van der Waals surface area contributed by atoms with E-state index in [-0.39, 0.29) is 0 Å². The highest BCUT2D eigenvalue weighted by atomic mass is 15.1. The molecular weight excluding hydrogens is 532 g/mol. The van der Waals surface area contributed by atoms with Crippen LogP contribution < -0.4 is 9.80 Å². The monoisotopic (exact) mass is 572 g/mol. The first-order chi connectivity index (χ1) is 21.7. The van der Waals surface area contributed by atoms with E-state index in [0.717, 1.165) is 59.8 Å². The minimum Gasteiger partial charge on any atom is -0.311 e. The molecule has 0 spiro atoms. The molecular formula is C42H40N2. The van der Waals surface area contributed by atoms with Gasteiger partial charge in [-0.2, -0.15) is 0 Å². The maximum atomic E-state index is 2.33.